The molecule has 6 heteroatoms. The van der Waals surface area contributed by atoms with Gasteiger partial charge in [0, 0.05) is 19.6 Å². The molecule has 0 amide bonds. The fraction of sp³-hybridized carbons (Fsp3) is 0.526. The number of likely N-dealkylation sites (tertiary alicyclic amines) is 1. The lowest BCUT2D eigenvalue weighted by atomic mass is 9.87. The highest BCUT2D eigenvalue weighted by atomic mass is 32.2. The predicted molar refractivity (Wildman–Crippen MR) is 99.1 cm³/mol. The first-order valence-electron chi connectivity index (χ1n) is 8.85. The molecule has 3 rings (SSSR count). The summed E-state index contributed by atoms with van der Waals surface area (Å²) in [6.07, 6.45) is 6.30. The molecule has 0 radical (unpaired) electrons. The third kappa shape index (κ3) is 4.07. The summed E-state index contributed by atoms with van der Waals surface area (Å²) in [5.41, 5.74) is 1.18. The molecule has 0 aliphatic carbocycles. The minimum absolute atomic E-state index is 0.264. The van der Waals surface area contributed by atoms with Crippen molar-refractivity contribution < 1.29 is 9.50 Å². The molecule has 136 valence electrons. The van der Waals surface area contributed by atoms with E-state index < -0.39 is 5.60 Å². The van der Waals surface area contributed by atoms with Gasteiger partial charge in [-0.2, -0.15) is 0 Å². The molecule has 25 heavy (non-hydrogen) atoms. The summed E-state index contributed by atoms with van der Waals surface area (Å²) in [6.45, 7) is 5.67. The first-order valence-corrected chi connectivity index (χ1v) is 10.1. The van der Waals surface area contributed by atoms with Gasteiger partial charge in [-0.15, -0.1) is 0 Å². The van der Waals surface area contributed by atoms with Gasteiger partial charge in [0.15, 0.2) is 5.16 Å². The van der Waals surface area contributed by atoms with E-state index in [0.717, 1.165) is 43.3 Å². The summed E-state index contributed by atoms with van der Waals surface area (Å²) < 4.78 is 15.4. The molecule has 2 heterocycles. The topological polar surface area (TPSA) is 41.3 Å². The molecule has 0 spiro atoms. The van der Waals surface area contributed by atoms with E-state index in [1.165, 1.54) is 17.8 Å². The fourth-order valence-corrected chi connectivity index (χ4v) is 4.26. The van der Waals surface area contributed by atoms with Crippen molar-refractivity contribution in [2.24, 2.45) is 0 Å². The summed E-state index contributed by atoms with van der Waals surface area (Å²) in [4.78, 5) is 6.88. The highest BCUT2D eigenvalue weighted by Gasteiger charge is 2.32. The number of benzene rings is 1. The van der Waals surface area contributed by atoms with Crippen LogP contribution < -0.4 is 0 Å². The molecule has 1 fully saturated rings. The number of aliphatic hydroxyl groups is 1. The zero-order valence-electron chi connectivity index (χ0n) is 14.9. The largest absolute Gasteiger partial charge is 0.385 e. The van der Waals surface area contributed by atoms with Gasteiger partial charge in [0.1, 0.15) is 5.82 Å². The molecule has 1 atom stereocenters. The van der Waals surface area contributed by atoms with E-state index in [0.29, 0.717) is 12.8 Å². The molecule has 4 nitrogen and oxygen atoms in total. The minimum atomic E-state index is -0.863. The van der Waals surface area contributed by atoms with Crippen molar-refractivity contribution in [3.63, 3.8) is 0 Å². The minimum Gasteiger partial charge on any atom is -0.385 e. The number of aromatic nitrogens is 2. The number of thioether (sulfide) groups is 1. The van der Waals surface area contributed by atoms with E-state index >= 15 is 0 Å². The van der Waals surface area contributed by atoms with Gasteiger partial charge in [-0.05, 0) is 56.7 Å². The Morgan fingerprint density at radius 3 is 2.68 bits per heavy atom. The molecule has 0 bridgehead atoms. The van der Waals surface area contributed by atoms with Crippen molar-refractivity contribution in [1.29, 1.82) is 0 Å². The van der Waals surface area contributed by atoms with Crippen molar-refractivity contribution in [3.05, 3.63) is 47.5 Å². The van der Waals surface area contributed by atoms with Gasteiger partial charge in [0.25, 0.3) is 0 Å². The summed E-state index contributed by atoms with van der Waals surface area (Å²) >= 11 is 1.67. The predicted octanol–water partition coefficient (Wildman–Crippen LogP) is 3.64. The monoisotopic (exact) mass is 363 g/mol. The van der Waals surface area contributed by atoms with Crippen LogP contribution in [0.25, 0.3) is 0 Å². The van der Waals surface area contributed by atoms with Gasteiger partial charge in [-0.3, -0.25) is 4.90 Å². The lowest BCUT2D eigenvalue weighted by Crippen LogP contribution is -2.29. The van der Waals surface area contributed by atoms with Crippen molar-refractivity contribution in [3.8, 4) is 0 Å². The van der Waals surface area contributed by atoms with E-state index in [9.17, 15) is 9.50 Å². The second kappa shape index (κ2) is 7.89. The molecule has 0 saturated carbocycles. The number of hydrogen-bond acceptors (Lipinski definition) is 4. The van der Waals surface area contributed by atoms with Crippen LogP contribution in [-0.4, -0.2) is 38.9 Å². The zero-order valence-corrected chi connectivity index (χ0v) is 15.7. The van der Waals surface area contributed by atoms with Crippen molar-refractivity contribution >= 4 is 11.8 Å². The number of rotatable bonds is 5. The third-order valence-corrected chi connectivity index (χ3v) is 5.76. The summed E-state index contributed by atoms with van der Waals surface area (Å²) in [5, 5.41) is 12.1. The quantitative estimate of drug-likeness (QED) is 0.824. The lowest BCUT2D eigenvalue weighted by Gasteiger charge is -2.27. The van der Waals surface area contributed by atoms with E-state index in [1.54, 1.807) is 23.9 Å². The number of nitrogens with zero attached hydrogens (tertiary/aromatic N) is 3. The molecule has 1 aromatic carbocycles. The Bertz CT molecular complexity index is 703. The number of hydrogen-bond donors (Lipinski definition) is 1. The van der Waals surface area contributed by atoms with Crippen LogP contribution in [0.4, 0.5) is 4.39 Å². The molecule has 2 aromatic rings. The summed E-state index contributed by atoms with van der Waals surface area (Å²) in [7, 11) is 0. The smallest absolute Gasteiger partial charge is 0.167 e. The SMILES string of the molecule is CCn1c(CN2CCCC(O)(c3ccc(F)cc3)CC2)cnc1SC. The van der Waals surface area contributed by atoms with Crippen LogP contribution >= 0.6 is 11.8 Å². The van der Waals surface area contributed by atoms with Crippen molar-refractivity contribution in [2.75, 3.05) is 19.3 Å². The maximum atomic E-state index is 13.2. The highest BCUT2D eigenvalue weighted by Crippen LogP contribution is 2.33. The number of imidazole rings is 1. The van der Waals surface area contributed by atoms with Crippen molar-refractivity contribution in [1.82, 2.24) is 14.5 Å². The first-order chi connectivity index (χ1) is 12.1. The Hall–Kier alpha value is -1.37. The molecule has 1 aromatic heterocycles. The highest BCUT2D eigenvalue weighted by molar-refractivity contribution is 7.98. The molecular weight excluding hydrogens is 337 g/mol. The summed E-state index contributed by atoms with van der Waals surface area (Å²) in [5.74, 6) is -0.264. The summed E-state index contributed by atoms with van der Waals surface area (Å²) in [6, 6.07) is 6.28. The van der Waals surface area contributed by atoms with Gasteiger partial charge < -0.3 is 9.67 Å². The maximum Gasteiger partial charge on any atom is 0.167 e. The Balaban J connectivity index is 1.69. The fourth-order valence-electron chi connectivity index (χ4n) is 3.63. The van der Waals surface area contributed by atoms with Gasteiger partial charge in [0.05, 0.1) is 17.5 Å². The van der Waals surface area contributed by atoms with Gasteiger partial charge in [-0.25, -0.2) is 9.37 Å². The van der Waals surface area contributed by atoms with Gasteiger partial charge in [-0.1, -0.05) is 23.9 Å². The number of halogens is 1. The molecular formula is C19H26FN3OS. The lowest BCUT2D eigenvalue weighted by molar-refractivity contribution is 0.0209. The first kappa shape index (κ1) is 18.4. The van der Waals surface area contributed by atoms with Gasteiger partial charge >= 0.3 is 0 Å². The van der Waals surface area contributed by atoms with E-state index in [1.807, 2.05) is 12.5 Å². The van der Waals surface area contributed by atoms with E-state index in [-0.39, 0.29) is 5.82 Å². The Kier molecular flexibility index (Phi) is 5.81. The Morgan fingerprint density at radius 2 is 2.00 bits per heavy atom. The average Bonchev–Trinajstić information content (AvgIpc) is 2.91. The standard InChI is InChI=1S/C19H26FN3OS/c1-3-23-17(13-21-18(23)25-2)14-22-11-4-9-19(24,10-12-22)15-5-7-16(20)8-6-15/h5-8,13,24H,3-4,9-12,14H2,1-2H3. The second-order valence-corrected chi connectivity index (χ2v) is 7.42. The zero-order chi connectivity index (χ0) is 17.9. The second-order valence-electron chi connectivity index (χ2n) is 6.65. The Morgan fingerprint density at radius 1 is 1.24 bits per heavy atom. The van der Waals surface area contributed by atoms with Crippen LogP contribution in [0.5, 0.6) is 0 Å². The normalized spacial score (nSPS) is 22.1. The maximum absolute atomic E-state index is 13.2. The van der Waals surface area contributed by atoms with Crippen LogP contribution in [0.1, 0.15) is 37.4 Å². The Labute approximate surface area is 153 Å². The average molecular weight is 364 g/mol. The molecule has 1 saturated heterocycles. The molecule has 1 aliphatic rings. The van der Waals surface area contributed by atoms with E-state index in [4.69, 9.17) is 0 Å². The molecule has 1 aliphatic heterocycles. The van der Waals surface area contributed by atoms with Crippen LogP contribution in [-0.2, 0) is 18.7 Å². The van der Waals surface area contributed by atoms with Crippen molar-refractivity contribution in [2.45, 2.75) is 50.0 Å². The van der Waals surface area contributed by atoms with Crippen LogP contribution in [0.2, 0.25) is 0 Å². The van der Waals surface area contributed by atoms with Gasteiger partial charge in [0.2, 0.25) is 0 Å². The molecule has 1 N–H and O–H groups in total. The van der Waals surface area contributed by atoms with Crippen LogP contribution in [0.3, 0.4) is 0 Å². The third-order valence-electron chi connectivity index (χ3n) is 5.07. The van der Waals surface area contributed by atoms with Crippen LogP contribution in [0, 0.1) is 5.82 Å². The van der Waals surface area contributed by atoms with Crippen LogP contribution in [0.15, 0.2) is 35.6 Å². The van der Waals surface area contributed by atoms with E-state index in [2.05, 4.69) is 21.4 Å². The molecule has 1 unspecified atom stereocenters.